The van der Waals surface area contributed by atoms with Gasteiger partial charge in [0.2, 0.25) is 11.8 Å². The van der Waals surface area contributed by atoms with Crippen molar-refractivity contribution >= 4 is 5.91 Å². The second-order valence-corrected chi connectivity index (χ2v) is 5.42. The quantitative estimate of drug-likeness (QED) is 0.660. The summed E-state index contributed by atoms with van der Waals surface area (Å²) < 4.78 is 6.53. The fourth-order valence-electron chi connectivity index (χ4n) is 2.38. The van der Waals surface area contributed by atoms with Crippen molar-refractivity contribution in [1.82, 2.24) is 35.2 Å². The van der Waals surface area contributed by atoms with Crippen LogP contribution in [-0.4, -0.2) is 48.2 Å². The first-order valence-corrected chi connectivity index (χ1v) is 7.44. The molecule has 1 aromatic carbocycles. The van der Waals surface area contributed by atoms with Crippen LogP contribution in [0.2, 0.25) is 0 Å². The minimum absolute atomic E-state index is 0.137. The Morgan fingerprint density at radius 3 is 2.75 bits per heavy atom. The van der Waals surface area contributed by atoms with E-state index < -0.39 is 6.04 Å². The predicted molar refractivity (Wildman–Crippen MR) is 82.5 cm³/mol. The van der Waals surface area contributed by atoms with Gasteiger partial charge in [0.1, 0.15) is 12.4 Å². The zero-order chi connectivity index (χ0) is 16.9. The van der Waals surface area contributed by atoms with E-state index in [0.717, 1.165) is 5.56 Å². The zero-order valence-electron chi connectivity index (χ0n) is 13.4. The lowest BCUT2D eigenvalue weighted by molar-refractivity contribution is -0.134. The summed E-state index contributed by atoms with van der Waals surface area (Å²) in [6, 6.07) is 9.18. The maximum atomic E-state index is 12.9. The minimum atomic E-state index is -0.545. The fourth-order valence-corrected chi connectivity index (χ4v) is 2.38. The van der Waals surface area contributed by atoms with E-state index in [1.807, 2.05) is 30.3 Å². The molecule has 0 N–H and O–H groups in total. The summed E-state index contributed by atoms with van der Waals surface area (Å²) in [5.74, 6) is 0.785. The van der Waals surface area contributed by atoms with Gasteiger partial charge in [-0.3, -0.25) is 4.79 Å². The van der Waals surface area contributed by atoms with Crippen LogP contribution in [0.1, 0.15) is 23.3 Å². The predicted octanol–water partition coefficient (Wildman–Crippen LogP) is 0.807. The summed E-state index contributed by atoms with van der Waals surface area (Å²) >= 11 is 0. The summed E-state index contributed by atoms with van der Waals surface area (Å²) in [6.07, 6.45) is 1.92. The van der Waals surface area contributed by atoms with Crippen LogP contribution < -0.4 is 0 Å². The van der Waals surface area contributed by atoms with Gasteiger partial charge in [-0.2, -0.15) is 4.98 Å². The van der Waals surface area contributed by atoms with E-state index in [9.17, 15) is 4.79 Å². The van der Waals surface area contributed by atoms with Crippen molar-refractivity contribution in [3.05, 3.63) is 53.9 Å². The molecule has 24 heavy (non-hydrogen) atoms. The lowest BCUT2D eigenvalue weighted by atomic mass is 10.1. The molecule has 9 nitrogen and oxygen atoms in total. The van der Waals surface area contributed by atoms with Gasteiger partial charge in [-0.15, -0.1) is 5.10 Å². The van der Waals surface area contributed by atoms with Crippen LogP contribution in [0.3, 0.4) is 0 Å². The highest BCUT2D eigenvalue weighted by Gasteiger charge is 2.26. The Labute approximate surface area is 138 Å². The van der Waals surface area contributed by atoms with Gasteiger partial charge in [0.05, 0.1) is 6.54 Å². The van der Waals surface area contributed by atoms with E-state index in [1.54, 1.807) is 14.0 Å². The van der Waals surface area contributed by atoms with Crippen LogP contribution in [0.5, 0.6) is 0 Å². The Morgan fingerprint density at radius 1 is 1.33 bits per heavy atom. The highest BCUT2D eigenvalue weighted by atomic mass is 16.5. The molecule has 2 aromatic heterocycles. The number of nitrogens with zero attached hydrogens (tertiary/aromatic N) is 7. The molecule has 2 heterocycles. The van der Waals surface area contributed by atoms with E-state index in [4.69, 9.17) is 4.52 Å². The van der Waals surface area contributed by atoms with Crippen molar-refractivity contribution in [2.45, 2.75) is 25.9 Å². The molecule has 3 rings (SSSR count). The summed E-state index contributed by atoms with van der Waals surface area (Å²) in [6.45, 7) is 1.96. The number of hydrogen-bond donors (Lipinski definition) is 0. The van der Waals surface area contributed by atoms with E-state index in [1.165, 1.54) is 15.9 Å². The molecule has 0 fully saturated rings. The lowest BCUT2D eigenvalue weighted by Crippen LogP contribution is -2.35. The molecule has 3 aromatic rings. The molecule has 0 bridgehead atoms. The monoisotopic (exact) mass is 327 g/mol. The summed E-state index contributed by atoms with van der Waals surface area (Å²) in [5.41, 5.74) is 1.02. The molecule has 1 amide bonds. The van der Waals surface area contributed by atoms with Crippen LogP contribution >= 0.6 is 0 Å². The second-order valence-electron chi connectivity index (χ2n) is 5.42. The number of carbonyl (C=O) groups excluding carboxylic acids is 1. The molecular weight excluding hydrogens is 310 g/mol. The number of rotatable bonds is 6. The standard InChI is InChI=1S/C15H17N7O2/c1-11-17-14(24-18-11)9-21(2)15(23)13(22-10-16-19-20-22)8-12-6-4-3-5-7-12/h3-7,10,13H,8-9H2,1-2H3/t13-/m0/s1. The third-order valence-electron chi connectivity index (χ3n) is 3.56. The normalized spacial score (nSPS) is 12.1. The average Bonchev–Trinajstić information content (AvgIpc) is 3.25. The molecular formula is C15H17N7O2. The highest BCUT2D eigenvalue weighted by Crippen LogP contribution is 2.16. The van der Waals surface area contributed by atoms with Gasteiger partial charge in [0.15, 0.2) is 5.82 Å². The van der Waals surface area contributed by atoms with Gasteiger partial charge in [0, 0.05) is 13.5 Å². The van der Waals surface area contributed by atoms with Crippen LogP contribution in [0.15, 0.2) is 41.2 Å². The molecule has 0 aliphatic carbocycles. The summed E-state index contributed by atoms with van der Waals surface area (Å²) in [5, 5.41) is 14.9. The molecule has 0 spiro atoms. The molecule has 0 aliphatic heterocycles. The van der Waals surface area contributed by atoms with E-state index >= 15 is 0 Å². The Hall–Kier alpha value is -3.10. The zero-order valence-corrected chi connectivity index (χ0v) is 13.4. The molecule has 9 heteroatoms. The van der Waals surface area contributed by atoms with Gasteiger partial charge in [-0.25, -0.2) is 4.68 Å². The first-order chi connectivity index (χ1) is 11.6. The maximum absolute atomic E-state index is 12.9. The molecule has 0 unspecified atom stereocenters. The SMILES string of the molecule is Cc1noc(CN(C)C(=O)[C@H](Cc2ccccc2)n2cnnn2)n1. The first-order valence-electron chi connectivity index (χ1n) is 7.44. The minimum Gasteiger partial charge on any atom is -0.337 e. The first kappa shape index (κ1) is 15.8. The van der Waals surface area contributed by atoms with Gasteiger partial charge >= 0.3 is 0 Å². The van der Waals surface area contributed by atoms with Crippen molar-refractivity contribution < 1.29 is 9.32 Å². The van der Waals surface area contributed by atoms with Crippen molar-refractivity contribution in [1.29, 1.82) is 0 Å². The average molecular weight is 327 g/mol. The summed E-state index contributed by atoms with van der Waals surface area (Å²) in [4.78, 5) is 18.5. The van der Waals surface area contributed by atoms with Crippen molar-refractivity contribution in [3.8, 4) is 0 Å². The fraction of sp³-hybridized carbons (Fsp3) is 0.333. The molecule has 0 saturated carbocycles. The van der Waals surface area contributed by atoms with Crippen LogP contribution in [-0.2, 0) is 17.8 Å². The topological polar surface area (TPSA) is 103 Å². The van der Waals surface area contributed by atoms with Gasteiger partial charge < -0.3 is 9.42 Å². The summed E-state index contributed by atoms with van der Waals surface area (Å²) in [7, 11) is 1.68. The highest BCUT2D eigenvalue weighted by molar-refractivity contribution is 5.80. The van der Waals surface area contributed by atoms with Gasteiger partial charge in [-0.1, -0.05) is 35.5 Å². The van der Waals surface area contributed by atoms with E-state index in [2.05, 4.69) is 25.7 Å². The van der Waals surface area contributed by atoms with Crippen LogP contribution in [0.4, 0.5) is 0 Å². The number of tetrazole rings is 1. The number of benzene rings is 1. The number of aromatic nitrogens is 6. The molecule has 0 radical (unpaired) electrons. The van der Waals surface area contributed by atoms with Crippen molar-refractivity contribution in [2.24, 2.45) is 0 Å². The van der Waals surface area contributed by atoms with Crippen molar-refractivity contribution in [3.63, 3.8) is 0 Å². The second kappa shape index (κ2) is 6.99. The van der Waals surface area contributed by atoms with Crippen LogP contribution in [0, 0.1) is 6.92 Å². The third-order valence-corrected chi connectivity index (χ3v) is 3.56. The molecule has 0 saturated heterocycles. The third kappa shape index (κ3) is 3.62. The van der Waals surface area contributed by atoms with Gasteiger partial charge in [-0.05, 0) is 22.9 Å². The number of likely N-dealkylation sites (N-methyl/N-ethyl adjacent to an activating group) is 1. The maximum Gasteiger partial charge on any atom is 0.248 e. The van der Waals surface area contributed by atoms with E-state index in [-0.39, 0.29) is 12.5 Å². The Morgan fingerprint density at radius 2 is 2.12 bits per heavy atom. The van der Waals surface area contributed by atoms with Crippen LogP contribution in [0.25, 0.3) is 0 Å². The Bertz CT molecular complexity index is 785. The number of hydrogen-bond acceptors (Lipinski definition) is 7. The number of amides is 1. The molecule has 124 valence electrons. The van der Waals surface area contributed by atoms with Gasteiger partial charge in [0.25, 0.3) is 0 Å². The lowest BCUT2D eigenvalue weighted by Gasteiger charge is -2.22. The van der Waals surface area contributed by atoms with Crippen molar-refractivity contribution in [2.75, 3.05) is 7.05 Å². The molecule has 0 aliphatic rings. The smallest absolute Gasteiger partial charge is 0.248 e. The molecule has 1 atom stereocenters. The van der Waals surface area contributed by atoms with E-state index in [0.29, 0.717) is 18.1 Å². The number of aryl methyl sites for hydroxylation is 1. The Kier molecular flexibility index (Phi) is 4.59. The largest absolute Gasteiger partial charge is 0.337 e. The number of carbonyl (C=O) groups is 1. The Balaban J connectivity index is 1.78.